The molecule has 1 atom stereocenters. The molecule has 2 aromatic rings. The minimum atomic E-state index is -0.624. The van der Waals surface area contributed by atoms with Crippen molar-refractivity contribution in [3.63, 3.8) is 0 Å². The van der Waals surface area contributed by atoms with Crippen LogP contribution in [0.15, 0.2) is 41.8 Å². The lowest BCUT2D eigenvalue weighted by Crippen LogP contribution is -2.30. The number of hydrogen-bond donors (Lipinski definition) is 2. The summed E-state index contributed by atoms with van der Waals surface area (Å²) in [5.41, 5.74) is 0.757. The van der Waals surface area contributed by atoms with Gasteiger partial charge >= 0.3 is 5.97 Å². The third kappa shape index (κ3) is 5.20. The molecule has 0 aliphatic carbocycles. The van der Waals surface area contributed by atoms with Crippen molar-refractivity contribution in [1.29, 1.82) is 0 Å². The molecule has 6 nitrogen and oxygen atoms in total. The molecule has 7 heteroatoms. The maximum atomic E-state index is 12.0. The van der Waals surface area contributed by atoms with Gasteiger partial charge in [0.2, 0.25) is 5.91 Å². The van der Waals surface area contributed by atoms with E-state index in [1.807, 2.05) is 24.4 Å². The Bertz CT molecular complexity index is 728. The first kappa shape index (κ1) is 17.7. The summed E-state index contributed by atoms with van der Waals surface area (Å²) in [5.74, 6) is -1.23. The van der Waals surface area contributed by atoms with E-state index in [0.717, 1.165) is 4.88 Å². The summed E-state index contributed by atoms with van der Waals surface area (Å²) < 4.78 is 5.01. The molecule has 2 N–H and O–H groups in total. The Morgan fingerprint density at radius 1 is 1.21 bits per heavy atom. The second-order valence-electron chi connectivity index (χ2n) is 5.14. The number of thiophene rings is 1. The largest absolute Gasteiger partial charge is 0.452 e. The van der Waals surface area contributed by atoms with Crippen LogP contribution in [0.2, 0.25) is 0 Å². The minimum Gasteiger partial charge on any atom is -0.452 e. The number of rotatable bonds is 6. The van der Waals surface area contributed by atoms with Crippen LogP contribution in [0.5, 0.6) is 0 Å². The highest BCUT2D eigenvalue weighted by Crippen LogP contribution is 2.18. The number of nitrogens with one attached hydrogen (secondary N) is 2. The van der Waals surface area contributed by atoms with Gasteiger partial charge in [-0.05, 0) is 36.6 Å². The third-order valence-electron chi connectivity index (χ3n) is 3.10. The van der Waals surface area contributed by atoms with Crippen LogP contribution in [0, 0.1) is 0 Å². The predicted molar refractivity (Wildman–Crippen MR) is 91.9 cm³/mol. The Labute approximate surface area is 143 Å². The van der Waals surface area contributed by atoms with Gasteiger partial charge in [-0.1, -0.05) is 12.1 Å². The molecule has 126 valence electrons. The van der Waals surface area contributed by atoms with E-state index < -0.39 is 5.97 Å². The van der Waals surface area contributed by atoms with Crippen LogP contribution < -0.4 is 10.6 Å². The monoisotopic (exact) mass is 346 g/mol. The fraction of sp³-hybridized carbons (Fsp3) is 0.235. The van der Waals surface area contributed by atoms with Crippen LogP contribution in [0.4, 0.5) is 5.69 Å². The fourth-order valence-electron chi connectivity index (χ4n) is 2.03. The molecule has 2 amide bonds. The van der Waals surface area contributed by atoms with E-state index in [1.165, 1.54) is 13.0 Å². The van der Waals surface area contributed by atoms with E-state index in [1.54, 1.807) is 29.5 Å². The smallest absolute Gasteiger partial charge is 0.338 e. The van der Waals surface area contributed by atoms with Crippen LogP contribution in [0.25, 0.3) is 0 Å². The number of amides is 2. The molecule has 24 heavy (non-hydrogen) atoms. The molecule has 0 aliphatic rings. The number of carbonyl (C=O) groups is 3. The minimum absolute atomic E-state index is 0.140. The number of ether oxygens (including phenoxy) is 1. The SMILES string of the molecule is CC(=O)Nc1cccc(C(=O)OCC(=O)N[C@H](C)c2cccs2)c1. The second-order valence-corrected chi connectivity index (χ2v) is 6.12. The maximum Gasteiger partial charge on any atom is 0.338 e. The van der Waals surface area contributed by atoms with Gasteiger partial charge in [0.1, 0.15) is 0 Å². The predicted octanol–water partition coefficient (Wildman–Crippen LogP) is 2.74. The molecule has 0 saturated heterocycles. The summed E-state index contributed by atoms with van der Waals surface area (Å²) in [6.45, 7) is 2.88. The molecule has 0 fully saturated rings. The van der Waals surface area contributed by atoms with Crippen LogP contribution in [-0.4, -0.2) is 24.4 Å². The fourth-order valence-corrected chi connectivity index (χ4v) is 2.77. The summed E-state index contributed by atoms with van der Waals surface area (Å²) >= 11 is 1.54. The molecular weight excluding hydrogens is 328 g/mol. The number of hydrogen-bond acceptors (Lipinski definition) is 5. The van der Waals surface area contributed by atoms with Crippen molar-refractivity contribution in [3.05, 3.63) is 52.2 Å². The molecule has 0 spiro atoms. The normalized spacial score (nSPS) is 11.4. The lowest BCUT2D eigenvalue weighted by molar-refractivity contribution is -0.124. The molecule has 0 bridgehead atoms. The van der Waals surface area contributed by atoms with E-state index >= 15 is 0 Å². The first-order chi connectivity index (χ1) is 11.5. The van der Waals surface area contributed by atoms with Gasteiger partial charge in [0, 0.05) is 17.5 Å². The van der Waals surface area contributed by atoms with Gasteiger partial charge in [-0.3, -0.25) is 9.59 Å². The Kier molecular flexibility index (Phi) is 6.08. The highest BCUT2D eigenvalue weighted by atomic mass is 32.1. The highest BCUT2D eigenvalue weighted by molar-refractivity contribution is 7.10. The first-order valence-electron chi connectivity index (χ1n) is 7.33. The number of esters is 1. The van der Waals surface area contributed by atoms with Crippen molar-refractivity contribution in [3.8, 4) is 0 Å². The Morgan fingerprint density at radius 2 is 2.00 bits per heavy atom. The summed E-state index contributed by atoms with van der Waals surface area (Å²) in [7, 11) is 0. The topological polar surface area (TPSA) is 84.5 Å². The van der Waals surface area contributed by atoms with Crippen molar-refractivity contribution < 1.29 is 19.1 Å². The average Bonchev–Trinajstić information content (AvgIpc) is 3.06. The van der Waals surface area contributed by atoms with Crippen LogP contribution in [-0.2, 0) is 14.3 Å². The summed E-state index contributed by atoms with van der Waals surface area (Å²) in [4.78, 5) is 35.9. The number of anilines is 1. The zero-order chi connectivity index (χ0) is 17.5. The zero-order valence-electron chi connectivity index (χ0n) is 13.4. The first-order valence-corrected chi connectivity index (χ1v) is 8.21. The van der Waals surface area contributed by atoms with Gasteiger partial charge in [0.05, 0.1) is 11.6 Å². The van der Waals surface area contributed by atoms with Gasteiger partial charge in [0.25, 0.3) is 5.91 Å². The second kappa shape index (κ2) is 8.26. The third-order valence-corrected chi connectivity index (χ3v) is 4.16. The van der Waals surface area contributed by atoms with Gasteiger partial charge in [-0.2, -0.15) is 0 Å². The van der Waals surface area contributed by atoms with Crippen molar-refractivity contribution in [2.45, 2.75) is 19.9 Å². The molecule has 0 unspecified atom stereocenters. The average molecular weight is 346 g/mol. The van der Waals surface area contributed by atoms with Gasteiger partial charge in [-0.25, -0.2) is 4.79 Å². The van der Waals surface area contributed by atoms with E-state index in [4.69, 9.17) is 4.74 Å². The molecule has 1 aromatic carbocycles. The van der Waals surface area contributed by atoms with Crippen molar-refractivity contribution in [1.82, 2.24) is 5.32 Å². The lowest BCUT2D eigenvalue weighted by atomic mass is 10.2. The summed E-state index contributed by atoms with van der Waals surface area (Å²) in [6, 6.07) is 10.0. The van der Waals surface area contributed by atoms with E-state index in [2.05, 4.69) is 10.6 Å². The summed E-state index contributed by atoms with van der Waals surface area (Å²) in [5, 5.41) is 7.28. The zero-order valence-corrected chi connectivity index (χ0v) is 14.2. The lowest BCUT2D eigenvalue weighted by Gasteiger charge is -2.12. The Balaban J connectivity index is 1.86. The van der Waals surface area contributed by atoms with Gasteiger partial charge in [-0.15, -0.1) is 11.3 Å². The standard InChI is InChI=1S/C17H18N2O4S/c1-11(15-7-4-8-24-15)18-16(21)10-23-17(22)13-5-3-6-14(9-13)19-12(2)20/h3-9,11H,10H2,1-2H3,(H,18,21)(H,19,20)/t11-/m1/s1. The van der Waals surface area contributed by atoms with Gasteiger partial charge < -0.3 is 15.4 Å². The molecule has 1 aromatic heterocycles. The number of carbonyl (C=O) groups excluding carboxylic acids is 3. The summed E-state index contributed by atoms with van der Waals surface area (Å²) in [6.07, 6.45) is 0. The van der Waals surface area contributed by atoms with Crippen molar-refractivity contribution in [2.24, 2.45) is 0 Å². The number of benzene rings is 1. The van der Waals surface area contributed by atoms with E-state index in [9.17, 15) is 14.4 Å². The maximum absolute atomic E-state index is 12.0. The van der Waals surface area contributed by atoms with Crippen LogP contribution in [0.1, 0.15) is 35.1 Å². The molecule has 1 heterocycles. The highest BCUT2D eigenvalue weighted by Gasteiger charge is 2.14. The Hall–Kier alpha value is -2.67. The van der Waals surface area contributed by atoms with E-state index in [0.29, 0.717) is 5.69 Å². The Morgan fingerprint density at radius 3 is 2.67 bits per heavy atom. The van der Waals surface area contributed by atoms with Crippen LogP contribution in [0.3, 0.4) is 0 Å². The quantitative estimate of drug-likeness (QED) is 0.788. The molecule has 2 rings (SSSR count). The molecular formula is C17H18N2O4S. The molecule has 0 radical (unpaired) electrons. The molecule has 0 aliphatic heterocycles. The van der Waals surface area contributed by atoms with E-state index in [-0.39, 0.29) is 30.0 Å². The molecule has 0 saturated carbocycles. The van der Waals surface area contributed by atoms with Crippen molar-refractivity contribution in [2.75, 3.05) is 11.9 Å². The van der Waals surface area contributed by atoms with Gasteiger partial charge in [0.15, 0.2) is 6.61 Å². The van der Waals surface area contributed by atoms with Crippen LogP contribution >= 0.6 is 11.3 Å². The van der Waals surface area contributed by atoms with Crippen molar-refractivity contribution >= 4 is 34.8 Å².